The minimum Gasteiger partial charge on any atom is -0.382 e. The summed E-state index contributed by atoms with van der Waals surface area (Å²) in [7, 11) is 0. The van der Waals surface area contributed by atoms with Crippen molar-refractivity contribution in [2.45, 2.75) is 64.5 Å². The summed E-state index contributed by atoms with van der Waals surface area (Å²) in [6, 6.07) is 8.03. The average Bonchev–Trinajstić information content (AvgIpc) is 2.98. The first-order chi connectivity index (χ1) is 9.75. The fourth-order valence-corrected chi connectivity index (χ4v) is 4.00. The fraction of sp³-hybridized carbons (Fsp3) is 0.667. The lowest BCUT2D eigenvalue weighted by Gasteiger charge is -2.37. The SMILES string of the molecule is Cc1cccc(NC2CCCCC2C2CCCN2)c1C. The molecular weight excluding hydrogens is 244 g/mol. The predicted molar refractivity (Wildman–Crippen MR) is 86.3 cm³/mol. The van der Waals surface area contributed by atoms with Gasteiger partial charge in [0.2, 0.25) is 0 Å². The first-order valence-corrected chi connectivity index (χ1v) is 8.32. The molecule has 1 aliphatic carbocycles. The molecule has 0 bridgehead atoms. The van der Waals surface area contributed by atoms with Crippen LogP contribution in [0.1, 0.15) is 49.7 Å². The summed E-state index contributed by atoms with van der Waals surface area (Å²) in [4.78, 5) is 0. The monoisotopic (exact) mass is 272 g/mol. The summed E-state index contributed by atoms with van der Waals surface area (Å²) in [5, 5.41) is 7.61. The van der Waals surface area contributed by atoms with Crippen LogP contribution in [0.15, 0.2) is 18.2 Å². The third-order valence-corrected chi connectivity index (χ3v) is 5.38. The zero-order valence-corrected chi connectivity index (χ0v) is 12.9. The molecule has 110 valence electrons. The number of anilines is 1. The van der Waals surface area contributed by atoms with Crippen LogP contribution >= 0.6 is 0 Å². The number of aryl methyl sites for hydroxylation is 1. The Labute approximate surface area is 123 Å². The van der Waals surface area contributed by atoms with Crippen LogP contribution in [0.5, 0.6) is 0 Å². The van der Waals surface area contributed by atoms with E-state index in [0.717, 1.165) is 12.0 Å². The van der Waals surface area contributed by atoms with Gasteiger partial charge >= 0.3 is 0 Å². The molecule has 1 heterocycles. The van der Waals surface area contributed by atoms with E-state index in [4.69, 9.17) is 0 Å². The predicted octanol–water partition coefficient (Wildman–Crippen LogP) is 4.03. The van der Waals surface area contributed by atoms with Crippen LogP contribution in [0.2, 0.25) is 0 Å². The van der Waals surface area contributed by atoms with Gasteiger partial charge in [0.25, 0.3) is 0 Å². The highest BCUT2D eigenvalue weighted by Gasteiger charge is 2.33. The molecule has 1 aromatic rings. The van der Waals surface area contributed by atoms with Crippen LogP contribution in [0, 0.1) is 19.8 Å². The van der Waals surface area contributed by atoms with Crippen molar-refractivity contribution in [3.63, 3.8) is 0 Å². The molecule has 20 heavy (non-hydrogen) atoms. The number of benzene rings is 1. The third-order valence-electron chi connectivity index (χ3n) is 5.38. The molecule has 1 saturated carbocycles. The van der Waals surface area contributed by atoms with Gasteiger partial charge in [0.05, 0.1) is 0 Å². The van der Waals surface area contributed by atoms with E-state index in [0.29, 0.717) is 6.04 Å². The maximum absolute atomic E-state index is 3.88. The van der Waals surface area contributed by atoms with Gasteiger partial charge in [-0.15, -0.1) is 0 Å². The van der Waals surface area contributed by atoms with E-state index in [1.54, 1.807) is 0 Å². The normalized spacial score (nSPS) is 30.4. The van der Waals surface area contributed by atoms with Crippen molar-refractivity contribution >= 4 is 5.69 Å². The maximum atomic E-state index is 3.88. The zero-order valence-electron chi connectivity index (χ0n) is 12.9. The van der Waals surface area contributed by atoms with E-state index in [1.807, 2.05) is 0 Å². The molecule has 3 unspecified atom stereocenters. The highest BCUT2D eigenvalue weighted by molar-refractivity contribution is 5.54. The van der Waals surface area contributed by atoms with E-state index in [2.05, 4.69) is 42.7 Å². The van der Waals surface area contributed by atoms with Crippen LogP contribution in [0.3, 0.4) is 0 Å². The van der Waals surface area contributed by atoms with Crippen LogP contribution in [-0.4, -0.2) is 18.6 Å². The van der Waals surface area contributed by atoms with Gasteiger partial charge in [-0.3, -0.25) is 0 Å². The van der Waals surface area contributed by atoms with Crippen molar-refractivity contribution in [1.82, 2.24) is 5.32 Å². The molecule has 2 fully saturated rings. The summed E-state index contributed by atoms with van der Waals surface area (Å²) in [6.07, 6.45) is 8.24. The Morgan fingerprint density at radius 2 is 1.90 bits per heavy atom. The van der Waals surface area contributed by atoms with Gasteiger partial charge in [-0.1, -0.05) is 25.0 Å². The molecule has 0 aromatic heterocycles. The van der Waals surface area contributed by atoms with Gasteiger partial charge in [-0.2, -0.15) is 0 Å². The highest BCUT2D eigenvalue weighted by atomic mass is 15.0. The van der Waals surface area contributed by atoms with Crippen LogP contribution in [0.25, 0.3) is 0 Å². The molecule has 3 atom stereocenters. The van der Waals surface area contributed by atoms with Crippen molar-refractivity contribution in [2.75, 3.05) is 11.9 Å². The molecule has 0 amide bonds. The number of nitrogens with one attached hydrogen (secondary N) is 2. The smallest absolute Gasteiger partial charge is 0.0374 e. The molecule has 2 N–H and O–H groups in total. The summed E-state index contributed by atoms with van der Waals surface area (Å²) >= 11 is 0. The van der Waals surface area contributed by atoms with Crippen LogP contribution < -0.4 is 10.6 Å². The molecule has 0 radical (unpaired) electrons. The average molecular weight is 272 g/mol. The minimum absolute atomic E-state index is 0.653. The van der Waals surface area contributed by atoms with Gasteiger partial charge in [0, 0.05) is 17.8 Å². The Morgan fingerprint density at radius 1 is 1.05 bits per heavy atom. The first kappa shape index (κ1) is 13.9. The quantitative estimate of drug-likeness (QED) is 0.868. The Morgan fingerprint density at radius 3 is 2.70 bits per heavy atom. The Kier molecular flexibility index (Phi) is 4.30. The molecule has 0 spiro atoms. The van der Waals surface area contributed by atoms with Gasteiger partial charge in [-0.25, -0.2) is 0 Å². The number of hydrogen-bond acceptors (Lipinski definition) is 2. The standard InChI is InChI=1S/C18H28N2/c1-13-7-5-10-16(14(13)2)20-18-9-4-3-8-15(18)17-11-6-12-19-17/h5,7,10,15,17-20H,3-4,6,8-9,11-12H2,1-2H3. The lowest BCUT2D eigenvalue weighted by Crippen LogP contribution is -2.43. The second-order valence-electron chi connectivity index (χ2n) is 6.65. The molecule has 1 aromatic carbocycles. The second kappa shape index (κ2) is 6.17. The summed E-state index contributed by atoms with van der Waals surface area (Å²) in [5.74, 6) is 0.811. The fourth-order valence-electron chi connectivity index (χ4n) is 4.00. The van der Waals surface area contributed by atoms with Crippen LogP contribution in [0.4, 0.5) is 5.69 Å². The largest absolute Gasteiger partial charge is 0.382 e. The lowest BCUT2D eigenvalue weighted by atomic mass is 9.79. The third kappa shape index (κ3) is 2.85. The van der Waals surface area contributed by atoms with Gasteiger partial charge in [0.15, 0.2) is 0 Å². The molecule has 2 nitrogen and oxygen atoms in total. The van der Waals surface area contributed by atoms with E-state index in [1.165, 1.54) is 61.9 Å². The van der Waals surface area contributed by atoms with E-state index in [-0.39, 0.29) is 0 Å². The van der Waals surface area contributed by atoms with Crippen LogP contribution in [-0.2, 0) is 0 Å². The summed E-state index contributed by atoms with van der Waals surface area (Å²) < 4.78 is 0. The van der Waals surface area contributed by atoms with Crippen molar-refractivity contribution in [3.05, 3.63) is 29.3 Å². The molecule has 2 aliphatic rings. The van der Waals surface area contributed by atoms with Gasteiger partial charge in [-0.05, 0) is 69.2 Å². The first-order valence-electron chi connectivity index (χ1n) is 8.32. The second-order valence-corrected chi connectivity index (χ2v) is 6.65. The maximum Gasteiger partial charge on any atom is 0.0374 e. The van der Waals surface area contributed by atoms with E-state index < -0.39 is 0 Å². The van der Waals surface area contributed by atoms with Crippen molar-refractivity contribution in [2.24, 2.45) is 5.92 Å². The number of hydrogen-bond donors (Lipinski definition) is 2. The Hall–Kier alpha value is -1.02. The Bertz CT molecular complexity index is 449. The van der Waals surface area contributed by atoms with Gasteiger partial charge in [0.1, 0.15) is 0 Å². The molecule has 2 heteroatoms. The van der Waals surface area contributed by atoms with Crippen molar-refractivity contribution in [3.8, 4) is 0 Å². The molecular formula is C18H28N2. The lowest BCUT2D eigenvalue weighted by molar-refractivity contribution is 0.262. The van der Waals surface area contributed by atoms with Crippen molar-refractivity contribution in [1.29, 1.82) is 0 Å². The molecule has 1 aliphatic heterocycles. The molecule has 3 rings (SSSR count). The van der Waals surface area contributed by atoms with Gasteiger partial charge < -0.3 is 10.6 Å². The Balaban J connectivity index is 1.74. The topological polar surface area (TPSA) is 24.1 Å². The van der Waals surface area contributed by atoms with E-state index in [9.17, 15) is 0 Å². The zero-order chi connectivity index (χ0) is 13.9. The minimum atomic E-state index is 0.653. The van der Waals surface area contributed by atoms with Crippen molar-refractivity contribution < 1.29 is 0 Å². The van der Waals surface area contributed by atoms with E-state index >= 15 is 0 Å². The molecule has 1 saturated heterocycles. The highest BCUT2D eigenvalue weighted by Crippen LogP contribution is 2.33. The number of rotatable bonds is 3. The summed E-state index contributed by atoms with van der Waals surface area (Å²) in [5.41, 5.74) is 4.15. The summed E-state index contributed by atoms with van der Waals surface area (Å²) in [6.45, 7) is 5.66.